The molecule has 2 aromatic rings. The zero-order chi connectivity index (χ0) is 17.0. The van der Waals surface area contributed by atoms with Gasteiger partial charge in [0.05, 0.1) is 11.9 Å². The minimum atomic E-state index is -1.21. The van der Waals surface area contributed by atoms with Crippen molar-refractivity contribution in [2.45, 2.75) is 31.4 Å². The van der Waals surface area contributed by atoms with Crippen molar-refractivity contribution >= 4 is 34.9 Å². The normalized spacial score (nSPS) is 22.6. The van der Waals surface area contributed by atoms with Crippen LogP contribution in [-0.4, -0.2) is 18.1 Å². The summed E-state index contributed by atoms with van der Waals surface area (Å²) in [7, 11) is 0. The number of carbonyl (C=O) groups excluding carboxylic acids is 1. The van der Waals surface area contributed by atoms with Crippen molar-refractivity contribution in [1.29, 1.82) is 0 Å². The number of para-hydroxylation sites is 1. The molecular formula is C18H14Cl2KNO3. The fourth-order valence-electron chi connectivity index (χ4n) is 3.70. The Bertz CT molecular complexity index is 858. The molecule has 0 saturated carbocycles. The topological polar surface area (TPSA) is 61.4 Å². The predicted octanol–water partition coefficient (Wildman–Crippen LogP) is -0.00330. The van der Waals surface area contributed by atoms with Crippen LogP contribution in [0, 0.1) is 0 Å². The standard InChI is InChI=1S/C18H15Cl2NO3.K/c1-2-8-4-3-5-10-13-14-11(20)6-9(19)7-12(14)21-15(18(22)23)17(13)24-16(8)10;/h3-7,13,15,17,21H,2H2,1H3,(H,22,23);/q;+1/p-1. The second kappa shape index (κ2) is 7.39. The third-order valence-electron chi connectivity index (χ3n) is 4.72. The first-order chi connectivity index (χ1) is 11.5. The summed E-state index contributed by atoms with van der Waals surface area (Å²) in [5.41, 5.74) is 3.43. The number of hydrogen-bond donors (Lipinski definition) is 1. The van der Waals surface area contributed by atoms with Gasteiger partial charge in [-0.1, -0.05) is 48.3 Å². The molecule has 2 aliphatic heterocycles. The third-order valence-corrected chi connectivity index (χ3v) is 5.26. The van der Waals surface area contributed by atoms with Crippen LogP contribution in [0.3, 0.4) is 0 Å². The van der Waals surface area contributed by atoms with Gasteiger partial charge in [0.2, 0.25) is 0 Å². The van der Waals surface area contributed by atoms with E-state index in [2.05, 4.69) is 5.32 Å². The van der Waals surface area contributed by atoms with Gasteiger partial charge >= 0.3 is 51.4 Å². The zero-order valence-corrected chi connectivity index (χ0v) is 18.4. The molecular weight excluding hydrogens is 388 g/mol. The van der Waals surface area contributed by atoms with E-state index in [1.807, 2.05) is 25.1 Å². The maximum Gasteiger partial charge on any atom is 1.00 e. The van der Waals surface area contributed by atoms with Crippen LogP contribution in [0.5, 0.6) is 5.75 Å². The van der Waals surface area contributed by atoms with Gasteiger partial charge in [0.15, 0.2) is 0 Å². The van der Waals surface area contributed by atoms with E-state index in [0.717, 1.165) is 28.9 Å². The van der Waals surface area contributed by atoms with Crippen LogP contribution in [-0.2, 0) is 11.2 Å². The number of halogens is 2. The molecule has 0 amide bonds. The number of ether oxygens (including phenoxy) is 1. The van der Waals surface area contributed by atoms with Crippen LogP contribution >= 0.6 is 23.2 Å². The van der Waals surface area contributed by atoms with E-state index < -0.39 is 18.1 Å². The fraction of sp³-hybridized carbons (Fsp3) is 0.278. The summed E-state index contributed by atoms with van der Waals surface area (Å²) in [5, 5.41) is 15.6. The van der Waals surface area contributed by atoms with Gasteiger partial charge in [-0.3, -0.25) is 0 Å². The molecule has 2 aromatic carbocycles. The largest absolute Gasteiger partial charge is 1.00 e. The molecule has 25 heavy (non-hydrogen) atoms. The van der Waals surface area contributed by atoms with Crippen LogP contribution in [0.15, 0.2) is 30.3 Å². The minimum absolute atomic E-state index is 0. The number of rotatable bonds is 2. The molecule has 4 rings (SSSR count). The van der Waals surface area contributed by atoms with Crippen molar-refractivity contribution in [3.8, 4) is 5.75 Å². The smallest absolute Gasteiger partial charge is 0.548 e. The average Bonchev–Trinajstić information content (AvgIpc) is 2.92. The number of hydrogen-bond acceptors (Lipinski definition) is 4. The molecule has 0 spiro atoms. The molecule has 1 N–H and O–H groups in total. The first-order valence-electron chi connectivity index (χ1n) is 7.76. The molecule has 3 atom stereocenters. The van der Waals surface area contributed by atoms with Gasteiger partial charge in [0.1, 0.15) is 17.9 Å². The molecule has 0 aliphatic carbocycles. The van der Waals surface area contributed by atoms with Gasteiger partial charge < -0.3 is 20.0 Å². The van der Waals surface area contributed by atoms with Crippen LogP contribution in [0.25, 0.3) is 0 Å². The predicted molar refractivity (Wildman–Crippen MR) is 91.0 cm³/mol. The van der Waals surface area contributed by atoms with E-state index in [1.54, 1.807) is 12.1 Å². The van der Waals surface area contributed by atoms with Gasteiger partial charge in [-0.05, 0) is 24.1 Å². The molecule has 0 saturated heterocycles. The Morgan fingerprint density at radius 2 is 2.08 bits per heavy atom. The summed E-state index contributed by atoms with van der Waals surface area (Å²) >= 11 is 12.5. The number of aliphatic carboxylic acids is 1. The summed E-state index contributed by atoms with van der Waals surface area (Å²) in [4.78, 5) is 11.7. The fourth-order valence-corrected chi connectivity index (χ4v) is 4.31. The number of carbonyl (C=O) groups is 1. The Balaban J connectivity index is 0.00000182. The number of nitrogens with one attached hydrogen (secondary N) is 1. The second-order valence-electron chi connectivity index (χ2n) is 6.04. The van der Waals surface area contributed by atoms with Crippen molar-refractivity contribution in [2.24, 2.45) is 0 Å². The number of carboxylic acids is 1. The first kappa shape index (κ1) is 19.5. The molecule has 3 unspecified atom stereocenters. The molecule has 7 heteroatoms. The number of aryl methyl sites for hydroxylation is 1. The van der Waals surface area contributed by atoms with E-state index >= 15 is 0 Å². The van der Waals surface area contributed by atoms with Crippen LogP contribution in [0.2, 0.25) is 10.0 Å². The van der Waals surface area contributed by atoms with Gasteiger partial charge in [0, 0.05) is 26.9 Å². The van der Waals surface area contributed by atoms with Crippen molar-refractivity contribution in [3.05, 3.63) is 57.1 Å². The average molecular weight is 402 g/mol. The summed E-state index contributed by atoms with van der Waals surface area (Å²) in [6.45, 7) is 2.04. The van der Waals surface area contributed by atoms with Crippen LogP contribution < -0.4 is 66.5 Å². The molecule has 124 valence electrons. The van der Waals surface area contributed by atoms with E-state index in [4.69, 9.17) is 27.9 Å². The monoisotopic (exact) mass is 401 g/mol. The molecule has 0 radical (unpaired) electrons. The molecule has 2 aliphatic rings. The van der Waals surface area contributed by atoms with E-state index in [-0.39, 0.29) is 57.3 Å². The number of fused-ring (bicyclic) bond motifs is 5. The molecule has 2 heterocycles. The van der Waals surface area contributed by atoms with E-state index in [9.17, 15) is 9.90 Å². The van der Waals surface area contributed by atoms with Gasteiger partial charge in [0.25, 0.3) is 0 Å². The molecule has 0 aromatic heterocycles. The van der Waals surface area contributed by atoms with Gasteiger partial charge in [-0.15, -0.1) is 0 Å². The van der Waals surface area contributed by atoms with Crippen molar-refractivity contribution < 1.29 is 66.0 Å². The van der Waals surface area contributed by atoms with Gasteiger partial charge in [-0.2, -0.15) is 0 Å². The quantitative estimate of drug-likeness (QED) is 0.719. The number of carboxylic acid groups (broad SMARTS) is 1. The zero-order valence-electron chi connectivity index (χ0n) is 13.8. The third kappa shape index (κ3) is 3.14. The maximum atomic E-state index is 11.7. The second-order valence-corrected chi connectivity index (χ2v) is 6.88. The van der Waals surface area contributed by atoms with E-state index in [1.165, 1.54) is 0 Å². The Hall–Kier alpha value is -0.274. The van der Waals surface area contributed by atoms with Crippen molar-refractivity contribution in [2.75, 3.05) is 5.32 Å². The first-order valence-corrected chi connectivity index (χ1v) is 8.51. The van der Waals surface area contributed by atoms with Gasteiger partial charge in [-0.25, -0.2) is 0 Å². The summed E-state index contributed by atoms with van der Waals surface area (Å²) in [6.07, 6.45) is 0.191. The van der Waals surface area contributed by atoms with E-state index in [0.29, 0.717) is 15.7 Å². The maximum absolute atomic E-state index is 11.7. The number of anilines is 1. The summed E-state index contributed by atoms with van der Waals surface area (Å²) in [5.74, 6) is -0.727. The Morgan fingerprint density at radius 1 is 1.32 bits per heavy atom. The Labute approximate surface area is 198 Å². The van der Waals surface area contributed by atoms with Crippen LogP contribution in [0.4, 0.5) is 5.69 Å². The minimum Gasteiger partial charge on any atom is -0.548 e. The van der Waals surface area contributed by atoms with Crippen molar-refractivity contribution in [1.82, 2.24) is 0 Å². The van der Waals surface area contributed by atoms with Crippen LogP contribution in [0.1, 0.15) is 29.5 Å². The SMILES string of the molecule is CCc1cccc2c1OC1C(C(=O)[O-])Nc3cc(Cl)cc(Cl)c3C21.[K+]. The molecule has 0 fully saturated rings. The summed E-state index contributed by atoms with van der Waals surface area (Å²) < 4.78 is 6.07. The number of benzene rings is 2. The summed E-state index contributed by atoms with van der Waals surface area (Å²) in [6, 6.07) is 8.29. The molecule has 0 bridgehead atoms. The Kier molecular flexibility index (Phi) is 5.76. The Morgan fingerprint density at radius 3 is 2.76 bits per heavy atom. The van der Waals surface area contributed by atoms with Crippen molar-refractivity contribution in [3.63, 3.8) is 0 Å². The molecule has 4 nitrogen and oxygen atoms in total.